The Hall–Kier alpha value is -2.97. The van der Waals surface area contributed by atoms with Gasteiger partial charge in [-0.25, -0.2) is 23.4 Å². The van der Waals surface area contributed by atoms with Gasteiger partial charge in [-0.15, -0.1) is 11.3 Å². The van der Waals surface area contributed by atoms with E-state index in [2.05, 4.69) is 10.1 Å². The third-order valence-corrected chi connectivity index (χ3v) is 6.25. The Morgan fingerprint density at radius 3 is 2.60 bits per heavy atom. The average Bonchev–Trinajstić information content (AvgIpc) is 3.40. The Labute approximate surface area is 176 Å². The van der Waals surface area contributed by atoms with Crippen LogP contribution in [0.3, 0.4) is 0 Å². The summed E-state index contributed by atoms with van der Waals surface area (Å²) in [6, 6.07) is 11.2. The van der Waals surface area contributed by atoms with Gasteiger partial charge < -0.3 is 5.11 Å². The molecule has 4 aromatic rings. The molecule has 1 unspecified atom stereocenters. The molecule has 0 radical (unpaired) electrons. The molecule has 2 aromatic heterocycles. The number of halogens is 2. The molecular formula is C22H20F2N4OS. The first-order valence-electron chi connectivity index (χ1n) is 9.39. The molecule has 0 bridgehead atoms. The minimum atomic E-state index is -1.71. The molecule has 2 atom stereocenters. The van der Waals surface area contributed by atoms with Crippen LogP contribution < -0.4 is 0 Å². The van der Waals surface area contributed by atoms with Gasteiger partial charge in [0.1, 0.15) is 29.9 Å². The van der Waals surface area contributed by atoms with E-state index in [-0.39, 0.29) is 12.1 Å². The smallest absolute Gasteiger partial charge is 0.137 e. The van der Waals surface area contributed by atoms with Crippen molar-refractivity contribution in [1.29, 1.82) is 0 Å². The summed E-state index contributed by atoms with van der Waals surface area (Å²) in [5.74, 6) is -2.12. The molecule has 0 aliphatic heterocycles. The number of benzene rings is 2. The van der Waals surface area contributed by atoms with E-state index in [0.717, 1.165) is 29.0 Å². The lowest BCUT2D eigenvalue weighted by Crippen LogP contribution is -2.38. The second-order valence-electron chi connectivity index (χ2n) is 7.30. The van der Waals surface area contributed by atoms with Gasteiger partial charge in [0.2, 0.25) is 0 Å². The highest BCUT2D eigenvalue weighted by atomic mass is 32.1. The van der Waals surface area contributed by atoms with Crippen LogP contribution in [0.5, 0.6) is 0 Å². The fraction of sp³-hybridized carbons (Fsp3) is 0.227. The van der Waals surface area contributed by atoms with Gasteiger partial charge >= 0.3 is 0 Å². The number of hydrogen-bond acceptors (Lipinski definition) is 5. The van der Waals surface area contributed by atoms with Crippen LogP contribution in [0.25, 0.3) is 11.3 Å². The molecule has 8 heteroatoms. The van der Waals surface area contributed by atoms with Gasteiger partial charge in [0.15, 0.2) is 0 Å². The van der Waals surface area contributed by atoms with Crippen LogP contribution in [-0.4, -0.2) is 24.9 Å². The van der Waals surface area contributed by atoms with Crippen LogP contribution in [-0.2, 0) is 12.1 Å². The fourth-order valence-corrected chi connectivity index (χ4v) is 4.38. The molecule has 0 aliphatic carbocycles. The van der Waals surface area contributed by atoms with Crippen LogP contribution >= 0.6 is 11.3 Å². The molecule has 5 nitrogen and oxygen atoms in total. The zero-order valence-electron chi connectivity index (χ0n) is 16.5. The number of nitrogens with zero attached hydrogens (tertiary/aromatic N) is 4. The second-order valence-corrected chi connectivity index (χ2v) is 8.19. The minimum absolute atomic E-state index is 0.0148. The van der Waals surface area contributed by atoms with E-state index in [4.69, 9.17) is 4.98 Å². The summed E-state index contributed by atoms with van der Waals surface area (Å²) in [4.78, 5) is 8.59. The normalized spacial score (nSPS) is 14.4. The van der Waals surface area contributed by atoms with Crippen molar-refractivity contribution in [2.75, 3.05) is 0 Å². The monoisotopic (exact) mass is 426 g/mol. The summed E-state index contributed by atoms with van der Waals surface area (Å²) >= 11 is 1.39. The van der Waals surface area contributed by atoms with E-state index in [9.17, 15) is 13.9 Å². The van der Waals surface area contributed by atoms with Crippen molar-refractivity contribution in [3.63, 3.8) is 0 Å². The maximum Gasteiger partial charge on any atom is 0.137 e. The highest BCUT2D eigenvalue weighted by molar-refractivity contribution is 7.10. The van der Waals surface area contributed by atoms with Crippen molar-refractivity contribution < 1.29 is 13.9 Å². The molecule has 0 amide bonds. The van der Waals surface area contributed by atoms with Gasteiger partial charge in [0.05, 0.1) is 17.2 Å². The van der Waals surface area contributed by atoms with Crippen LogP contribution in [0, 0.1) is 18.6 Å². The van der Waals surface area contributed by atoms with Gasteiger partial charge in [-0.05, 0) is 13.0 Å². The Morgan fingerprint density at radius 1 is 1.17 bits per heavy atom. The first kappa shape index (κ1) is 20.3. The summed E-state index contributed by atoms with van der Waals surface area (Å²) < 4.78 is 29.6. The highest BCUT2D eigenvalue weighted by Gasteiger charge is 2.41. The first-order chi connectivity index (χ1) is 14.4. The largest absolute Gasteiger partial charge is 0.382 e. The Kier molecular flexibility index (Phi) is 5.44. The van der Waals surface area contributed by atoms with Gasteiger partial charge in [0, 0.05) is 28.5 Å². The molecule has 0 saturated heterocycles. The molecule has 2 aromatic carbocycles. The summed E-state index contributed by atoms with van der Waals surface area (Å²) in [5.41, 5.74) is 1.16. The molecular weight excluding hydrogens is 406 g/mol. The molecule has 2 heterocycles. The second kappa shape index (κ2) is 8.04. The zero-order chi connectivity index (χ0) is 21.3. The van der Waals surface area contributed by atoms with Crippen molar-refractivity contribution >= 4 is 11.3 Å². The SMILES string of the molecule is Cc1ccc(-c2csc([C@H](C)C(O)(Cn3cncn3)c3ccc(F)cc3F)n2)cc1. The highest BCUT2D eigenvalue weighted by Crippen LogP contribution is 2.41. The lowest BCUT2D eigenvalue weighted by molar-refractivity contribution is -0.0112. The first-order valence-corrected chi connectivity index (χ1v) is 10.3. The van der Waals surface area contributed by atoms with Crippen molar-refractivity contribution in [3.05, 3.63) is 88.3 Å². The lowest BCUT2D eigenvalue weighted by atomic mass is 9.82. The number of thiazole rings is 1. The van der Waals surface area contributed by atoms with Crippen LogP contribution in [0.4, 0.5) is 8.78 Å². The summed E-state index contributed by atoms with van der Waals surface area (Å²) in [6.07, 6.45) is 2.78. The predicted molar refractivity (Wildman–Crippen MR) is 111 cm³/mol. The predicted octanol–water partition coefficient (Wildman–Crippen LogP) is 4.68. The molecule has 0 saturated carbocycles. The third kappa shape index (κ3) is 3.88. The quantitative estimate of drug-likeness (QED) is 0.486. The van der Waals surface area contributed by atoms with E-state index in [1.807, 2.05) is 36.6 Å². The molecule has 0 aliphatic rings. The van der Waals surface area contributed by atoms with E-state index >= 15 is 0 Å². The topological polar surface area (TPSA) is 63.8 Å². The van der Waals surface area contributed by atoms with Gasteiger partial charge in [0.25, 0.3) is 0 Å². The van der Waals surface area contributed by atoms with Crippen LogP contribution in [0.2, 0.25) is 0 Å². The number of rotatable bonds is 6. The van der Waals surface area contributed by atoms with Crippen molar-refractivity contribution in [2.45, 2.75) is 31.9 Å². The molecule has 154 valence electrons. The molecule has 0 fully saturated rings. The third-order valence-electron chi connectivity index (χ3n) is 5.22. The summed E-state index contributed by atoms with van der Waals surface area (Å²) in [7, 11) is 0. The summed E-state index contributed by atoms with van der Waals surface area (Å²) in [6.45, 7) is 3.73. The lowest BCUT2D eigenvalue weighted by Gasteiger charge is -2.33. The van der Waals surface area contributed by atoms with E-state index in [1.54, 1.807) is 6.92 Å². The maximum absolute atomic E-state index is 14.7. The van der Waals surface area contributed by atoms with Gasteiger partial charge in [-0.3, -0.25) is 0 Å². The van der Waals surface area contributed by atoms with E-state index < -0.39 is 23.2 Å². The molecule has 30 heavy (non-hydrogen) atoms. The number of aliphatic hydroxyl groups is 1. The number of aromatic nitrogens is 4. The summed E-state index contributed by atoms with van der Waals surface area (Å²) in [5, 5.41) is 18.3. The van der Waals surface area contributed by atoms with Gasteiger partial charge in [-0.1, -0.05) is 42.8 Å². The molecule has 4 rings (SSSR count). The van der Waals surface area contributed by atoms with E-state index in [0.29, 0.717) is 5.01 Å². The molecule has 1 N–H and O–H groups in total. The number of hydrogen-bond donors (Lipinski definition) is 1. The minimum Gasteiger partial charge on any atom is -0.382 e. The zero-order valence-corrected chi connectivity index (χ0v) is 17.3. The Bertz CT molecular complexity index is 1140. The van der Waals surface area contributed by atoms with Crippen LogP contribution in [0.15, 0.2) is 60.5 Å². The number of aryl methyl sites for hydroxylation is 1. The standard InChI is InChI=1S/C22H20F2N4OS/c1-14-3-5-16(6-4-14)20-10-30-21(27-20)15(2)22(29,11-28-13-25-12-26-28)18-8-7-17(23)9-19(18)24/h3-10,12-13,15,29H,11H2,1-2H3/t15-,22?/m0/s1. The molecule has 0 spiro atoms. The van der Waals surface area contributed by atoms with Crippen molar-refractivity contribution in [2.24, 2.45) is 0 Å². The van der Waals surface area contributed by atoms with Crippen molar-refractivity contribution in [3.8, 4) is 11.3 Å². The van der Waals surface area contributed by atoms with E-state index in [1.165, 1.54) is 34.7 Å². The Morgan fingerprint density at radius 2 is 1.93 bits per heavy atom. The van der Waals surface area contributed by atoms with Crippen molar-refractivity contribution in [1.82, 2.24) is 19.7 Å². The maximum atomic E-state index is 14.7. The fourth-order valence-electron chi connectivity index (χ4n) is 3.40. The average molecular weight is 426 g/mol. The van der Waals surface area contributed by atoms with Crippen LogP contribution in [0.1, 0.15) is 29.0 Å². The Balaban J connectivity index is 1.74. The van der Waals surface area contributed by atoms with Gasteiger partial charge in [-0.2, -0.15) is 5.10 Å².